The van der Waals surface area contributed by atoms with Crippen LogP contribution in [0.2, 0.25) is 0 Å². The van der Waals surface area contributed by atoms with Crippen LogP contribution in [0, 0.1) is 11.8 Å². The van der Waals surface area contributed by atoms with Crippen molar-refractivity contribution >= 4 is 62.9 Å². The Morgan fingerprint density at radius 1 is 0.299 bits per heavy atom. The van der Waals surface area contributed by atoms with Gasteiger partial charge in [-0.25, -0.2) is 0 Å². The Bertz CT molecular complexity index is 3270. The Labute approximate surface area is 394 Å². The maximum atomic E-state index is 2.87. The standard InChI is InChI=1S/C63H50BN3/c1-5-13-44(14-6-1)48-21-26-52(27-22-48)66-59-32-25-50(46-17-9-3-10-18-46)38-58(59)64-57-31-30-54(65-55-34-42-33-43(36-55)37-56(65)35-42)41-60(57)67(53-28-23-49(24-29-53)45-15-7-2-8-16-45)62-40-51(39-61(66)63(62)64)47-19-11-4-12-20-47/h1-32,38-43,55-56H,33-37H2. The van der Waals surface area contributed by atoms with Gasteiger partial charge in [0.1, 0.15) is 0 Å². The van der Waals surface area contributed by atoms with Crippen molar-refractivity contribution in [2.24, 2.45) is 11.8 Å². The maximum absolute atomic E-state index is 2.87. The molecule has 0 amide bonds. The zero-order chi connectivity index (χ0) is 44.0. The first kappa shape index (κ1) is 38.7. The lowest BCUT2D eigenvalue weighted by molar-refractivity contribution is 0.0900. The predicted octanol–water partition coefficient (Wildman–Crippen LogP) is 14.2. The molecule has 2 aliphatic carbocycles. The number of nitrogens with zero attached hydrogens (tertiary/aromatic N) is 3. The fourth-order valence-corrected chi connectivity index (χ4v) is 13.1. The van der Waals surface area contributed by atoms with Gasteiger partial charge in [-0.3, -0.25) is 0 Å². The van der Waals surface area contributed by atoms with E-state index in [9.17, 15) is 0 Å². The van der Waals surface area contributed by atoms with Crippen LogP contribution in [0.1, 0.15) is 32.1 Å². The van der Waals surface area contributed by atoms with Gasteiger partial charge < -0.3 is 14.7 Å². The van der Waals surface area contributed by atoms with Crippen LogP contribution in [0.25, 0.3) is 44.5 Å². The largest absolute Gasteiger partial charge is 0.365 e. The molecule has 9 aromatic carbocycles. The van der Waals surface area contributed by atoms with Crippen LogP contribution in [-0.4, -0.2) is 18.8 Å². The average molecular weight is 860 g/mol. The van der Waals surface area contributed by atoms with Crippen molar-refractivity contribution in [1.29, 1.82) is 0 Å². The van der Waals surface area contributed by atoms with Gasteiger partial charge in [-0.1, -0.05) is 164 Å². The molecule has 6 aliphatic rings. The molecule has 0 atom stereocenters. The summed E-state index contributed by atoms with van der Waals surface area (Å²) in [4.78, 5) is 8.04. The van der Waals surface area contributed by atoms with Gasteiger partial charge in [0.05, 0.1) is 0 Å². The number of anilines is 7. The molecule has 4 bridgehead atoms. The molecule has 0 radical (unpaired) electrons. The normalized spacial score (nSPS) is 19.5. The highest BCUT2D eigenvalue weighted by Gasteiger charge is 2.48. The third-order valence-corrected chi connectivity index (χ3v) is 15.9. The van der Waals surface area contributed by atoms with Crippen LogP contribution in [0.4, 0.5) is 39.8 Å². The molecule has 67 heavy (non-hydrogen) atoms. The van der Waals surface area contributed by atoms with Gasteiger partial charge >= 0.3 is 0 Å². The average Bonchev–Trinajstić information content (AvgIpc) is 3.39. The molecule has 4 heterocycles. The van der Waals surface area contributed by atoms with Crippen molar-refractivity contribution in [2.75, 3.05) is 14.7 Å². The van der Waals surface area contributed by atoms with E-state index in [1.165, 1.54) is 127 Å². The van der Waals surface area contributed by atoms with Gasteiger partial charge in [0.15, 0.2) is 0 Å². The number of benzene rings is 9. The fourth-order valence-electron chi connectivity index (χ4n) is 13.1. The highest BCUT2D eigenvalue weighted by molar-refractivity contribution is 7.00. The smallest absolute Gasteiger partial charge is 0.252 e. The number of rotatable bonds is 7. The van der Waals surface area contributed by atoms with Crippen molar-refractivity contribution in [3.05, 3.63) is 218 Å². The summed E-state index contributed by atoms with van der Waals surface area (Å²) in [6.45, 7) is 0.00530. The van der Waals surface area contributed by atoms with Gasteiger partial charge in [0, 0.05) is 51.9 Å². The molecule has 3 nitrogen and oxygen atoms in total. The third kappa shape index (κ3) is 6.41. The number of fused-ring (bicyclic) bond motifs is 4. The summed E-state index contributed by atoms with van der Waals surface area (Å²) in [6.07, 6.45) is 6.79. The molecule has 2 saturated heterocycles. The van der Waals surface area contributed by atoms with Crippen LogP contribution in [0.3, 0.4) is 0 Å². The minimum absolute atomic E-state index is 0.00530. The topological polar surface area (TPSA) is 9.72 Å². The molecule has 4 fully saturated rings. The summed E-state index contributed by atoms with van der Waals surface area (Å²) < 4.78 is 0. The van der Waals surface area contributed by atoms with E-state index in [1.807, 2.05) is 0 Å². The van der Waals surface area contributed by atoms with E-state index in [1.54, 1.807) is 0 Å². The first-order chi connectivity index (χ1) is 33.2. The number of piperidine rings is 2. The molecular formula is C63H50BN3. The quantitative estimate of drug-likeness (QED) is 0.148. The first-order valence-corrected chi connectivity index (χ1v) is 24.4. The molecule has 4 heteroatoms. The van der Waals surface area contributed by atoms with E-state index < -0.39 is 0 Å². The zero-order valence-corrected chi connectivity index (χ0v) is 37.5. The van der Waals surface area contributed by atoms with Crippen molar-refractivity contribution < 1.29 is 0 Å². The van der Waals surface area contributed by atoms with Crippen molar-refractivity contribution in [2.45, 2.75) is 44.2 Å². The van der Waals surface area contributed by atoms with Gasteiger partial charge in [-0.05, 0) is 159 Å². The molecule has 0 unspecified atom stereocenters. The molecule has 9 aromatic rings. The van der Waals surface area contributed by atoms with E-state index in [-0.39, 0.29) is 6.71 Å². The lowest BCUT2D eigenvalue weighted by Crippen LogP contribution is -2.61. The van der Waals surface area contributed by atoms with Crippen LogP contribution in [0.5, 0.6) is 0 Å². The molecule has 320 valence electrons. The van der Waals surface area contributed by atoms with Crippen LogP contribution < -0.4 is 31.1 Å². The summed E-state index contributed by atoms with van der Waals surface area (Å²) in [7, 11) is 0. The lowest BCUT2D eigenvalue weighted by Gasteiger charge is -2.57. The summed E-state index contributed by atoms with van der Waals surface area (Å²) in [5.74, 6) is 1.79. The highest BCUT2D eigenvalue weighted by atomic mass is 15.2. The summed E-state index contributed by atoms with van der Waals surface area (Å²) in [5.41, 5.74) is 22.5. The summed E-state index contributed by atoms with van der Waals surface area (Å²) >= 11 is 0. The van der Waals surface area contributed by atoms with E-state index >= 15 is 0 Å². The third-order valence-electron chi connectivity index (χ3n) is 15.9. The molecule has 0 aromatic heterocycles. The minimum atomic E-state index is 0.00530. The first-order valence-electron chi connectivity index (χ1n) is 24.4. The number of hydrogen-bond acceptors (Lipinski definition) is 3. The molecule has 0 spiro atoms. The molecule has 4 aliphatic heterocycles. The maximum Gasteiger partial charge on any atom is 0.252 e. The second-order valence-corrected chi connectivity index (χ2v) is 19.7. The van der Waals surface area contributed by atoms with Crippen LogP contribution in [-0.2, 0) is 0 Å². The van der Waals surface area contributed by atoms with E-state index in [0.29, 0.717) is 12.1 Å². The second kappa shape index (κ2) is 15.5. The SMILES string of the molecule is c1ccc(-c2ccc(N3c4ccc(-c5ccccc5)cc4B4c5ccc(N6C7CC8CC(C7)CC6C8)cc5N(c5ccc(-c6ccccc6)cc5)c5cc(-c6ccccc6)cc3c54)cc2)cc1. The zero-order valence-electron chi connectivity index (χ0n) is 37.5. The molecular weight excluding hydrogens is 810 g/mol. The van der Waals surface area contributed by atoms with Crippen molar-refractivity contribution in [3.63, 3.8) is 0 Å². The minimum Gasteiger partial charge on any atom is -0.365 e. The predicted molar refractivity (Wildman–Crippen MR) is 282 cm³/mol. The van der Waals surface area contributed by atoms with Gasteiger partial charge in [-0.2, -0.15) is 0 Å². The monoisotopic (exact) mass is 859 g/mol. The van der Waals surface area contributed by atoms with Crippen LogP contribution in [0.15, 0.2) is 218 Å². The van der Waals surface area contributed by atoms with Crippen LogP contribution >= 0.6 is 0 Å². The fraction of sp³-hybridized carbons (Fsp3) is 0.143. The Balaban J connectivity index is 1.03. The van der Waals surface area contributed by atoms with Gasteiger partial charge in [0.25, 0.3) is 6.71 Å². The van der Waals surface area contributed by atoms with E-state index in [0.717, 1.165) is 17.5 Å². The Morgan fingerprint density at radius 2 is 0.716 bits per heavy atom. The number of hydrogen-bond donors (Lipinski definition) is 0. The lowest BCUT2D eigenvalue weighted by atomic mass is 9.33. The molecule has 15 rings (SSSR count). The Morgan fingerprint density at radius 3 is 1.22 bits per heavy atom. The van der Waals surface area contributed by atoms with Crippen molar-refractivity contribution in [3.8, 4) is 44.5 Å². The van der Waals surface area contributed by atoms with E-state index in [4.69, 9.17) is 0 Å². The van der Waals surface area contributed by atoms with Crippen molar-refractivity contribution in [1.82, 2.24) is 0 Å². The van der Waals surface area contributed by atoms with E-state index in [2.05, 4.69) is 233 Å². The Hall–Kier alpha value is -7.56. The van der Waals surface area contributed by atoms with Gasteiger partial charge in [0.2, 0.25) is 0 Å². The Kier molecular flexibility index (Phi) is 8.97. The summed E-state index contributed by atoms with van der Waals surface area (Å²) in [6, 6.07) is 83.1. The van der Waals surface area contributed by atoms with Gasteiger partial charge in [-0.15, -0.1) is 0 Å². The molecule has 2 saturated carbocycles. The summed E-state index contributed by atoms with van der Waals surface area (Å²) in [5, 5.41) is 0. The highest BCUT2D eigenvalue weighted by Crippen LogP contribution is 2.52. The second-order valence-electron chi connectivity index (χ2n) is 19.7. The molecule has 0 N–H and O–H groups in total.